The molecule has 5 N–H and O–H groups in total. The number of halogens is 1. The summed E-state index contributed by atoms with van der Waals surface area (Å²) in [5.41, 5.74) is 6.28. The number of amides is 1. The molecule has 1 rings (SSSR count). The first-order valence-electron chi connectivity index (χ1n) is 5.60. The fourth-order valence-corrected chi connectivity index (χ4v) is 1.84. The van der Waals surface area contributed by atoms with Crippen LogP contribution in [0, 0.1) is 0 Å². The fourth-order valence-electron chi connectivity index (χ4n) is 1.56. The third-order valence-electron chi connectivity index (χ3n) is 2.59. The van der Waals surface area contributed by atoms with Gasteiger partial charge in [0.2, 0.25) is 5.91 Å². The molecule has 1 aromatic carbocycles. The molecule has 19 heavy (non-hydrogen) atoms. The second kappa shape index (κ2) is 6.60. The van der Waals surface area contributed by atoms with Crippen molar-refractivity contribution in [1.82, 2.24) is 5.32 Å². The van der Waals surface area contributed by atoms with Crippen molar-refractivity contribution < 1.29 is 19.7 Å². The zero-order valence-corrected chi connectivity index (χ0v) is 11.4. The largest absolute Gasteiger partial charge is 0.495 e. The number of carbonyl (C=O) groups excluding carboxylic acids is 1. The third kappa shape index (κ3) is 3.99. The Morgan fingerprint density at radius 3 is 2.68 bits per heavy atom. The summed E-state index contributed by atoms with van der Waals surface area (Å²) in [6.45, 7) is 1.23. The maximum Gasteiger partial charge on any atom is 0.216 e. The van der Waals surface area contributed by atoms with Gasteiger partial charge in [0, 0.05) is 24.1 Å². The van der Waals surface area contributed by atoms with Crippen LogP contribution < -0.4 is 15.8 Å². The van der Waals surface area contributed by atoms with Gasteiger partial charge < -0.3 is 26.0 Å². The zero-order valence-electron chi connectivity index (χ0n) is 10.7. The second-order valence-electron chi connectivity index (χ2n) is 4.06. The molecule has 0 bridgehead atoms. The smallest absolute Gasteiger partial charge is 0.216 e. The van der Waals surface area contributed by atoms with Crippen molar-refractivity contribution in [2.75, 3.05) is 19.4 Å². The van der Waals surface area contributed by atoms with Gasteiger partial charge in [-0.2, -0.15) is 0 Å². The van der Waals surface area contributed by atoms with Gasteiger partial charge in [-0.25, -0.2) is 0 Å². The van der Waals surface area contributed by atoms with Crippen LogP contribution in [-0.2, 0) is 4.79 Å². The Labute approximate surface area is 116 Å². The second-order valence-corrected chi connectivity index (χ2v) is 4.47. The highest BCUT2D eigenvalue weighted by Gasteiger charge is 2.22. The lowest BCUT2D eigenvalue weighted by Crippen LogP contribution is -2.34. The number of aliphatic hydroxyl groups excluding tert-OH is 2. The Balaban J connectivity index is 2.92. The summed E-state index contributed by atoms with van der Waals surface area (Å²) in [7, 11) is 1.43. The minimum Gasteiger partial charge on any atom is -0.495 e. The van der Waals surface area contributed by atoms with E-state index in [1.54, 1.807) is 0 Å². The molecule has 7 heteroatoms. The summed E-state index contributed by atoms with van der Waals surface area (Å²) in [6, 6.07) is 2.89. The number of ether oxygens (including phenoxy) is 1. The van der Waals surface area contributed by atoms with Gasteiger partial charge >= 0.3 is 0 Å². The number of benzene rings is 1. The van der Waals surface area contributed by atoms with E-state index in [4.69, 9.17) is 22.1 Å². The molecule has 1 amide bonds. The first kappa shape index (κ1) is 15.6. The first-order valence-corrected chi connectivity index (χ1v) is 5.98. The Hall–Kier alpha value is -1.50. The quantitative estimate of drug-likeness (QED) is 0.589. The van der Waals surface area contributed by atoms with Gasteiger partial charge in [-0.15, -0.1) is 0 Å². The van der Waals surface area contributed by atoms with E-state index in [2.05, 4.69) is 5.32 Å². The van der Waals surface area contributed by atoms with E-state index in [0.29, 0.717) is 11.4 Å². The van der Waals surface area contributed by atoms with Crippen molar-refractivity contribution in [3.8, 4) is 5.75 Å². The lowest BCUT2D eigenvalue weighted by atomic mass is 10.0. The van der Waals surface area contributed by atoms with E-state index in [1.807, 2.05) is 0 Å². The normalized spacial score (nSPS) is 13.7. The third-order valence-corrected chi connectivity index (χ3v) is 2.92. The summed E-state index contributed by atoms with van der Waals surface area (Å²) < 4.78 is 5.02. The number of methoxy groups -OCH3 is 1. The standard InChI is InChI=1S/C12H17ClN2O4/c1-6(16)15-5-10(17)12(18)7-3-11(19-2)9(14)4-8(7)13/h3-4,10,12,17-18H,5,14H2,1-2H3,(H,15,16). The number of carbonyl (C=O) groups is 1. The highest BCUT2D eigenvalue weighted by atomic mass is 35.5. The Bertz CT molecular complexity index is 467. The van der Waals surface area contributed by atoms with Crippen molar-refractivity contribution in [2.24, 2.45) is 0 Å². The molecule has 0 aliphatic rings. The molecule has 2 atom stereocenters. The van der Waals surface area contributed by atoms with E-state index in [0.717, 1.165) is 0 Å². The Kier molecular flexibility index (Phi) is 5.41. The average Bonchev–Trinajstić information content (AvgIpc) is 2.35. The van der Waals surface area contributed by atoms with E-state index in [-0.39, 0.29) is 23.0 Å². The van der Waals surface area contributed by atoms with E-state index in [1.165, 1.54) is 26.2 Å². The molecule has 0 aromatic heterocycles. The van der Waals surface area contributed by atoms with Crippen LogP contribution in [0.3, 0.4) is 0 Å². The molecule has 0 radical (unpaired) electrons. The van der Waals surface area contributed by atoms with Crippen molar-refractivity contribution >= 4 is 23.2 Å². The predicted octanol–water partition coefficient (Wildman–Crippen LogP) is 0.461. The van der Waals surface area contributed by atoms with Gasteiger partial charge in [0.15, 0.2) is 0 Å². The van der Waals surface area contributed by atoms with Crippen LogP contribution in [0.2, 0.25) is 5.02 Å². The molecule has 106 valence electrons. The van der Waals surface area contributed by atoms with Gasteiger partial charge in [0.25, 0.3) is 0 Å². The SMILES string of the molecule is COc1cc(C(O)C(O)CNC(C)=O)c(Cl)cc1N. The molecule has 0 fully saturated rings. The summed E-state index contributed by atoms with van der Waals surface area (Å²) in [5, 5.41) is 22.4. The maximum absolute atomic E-state index is 10.8. The van der Waals surface area contributed by atoms with E-state index < -0.39 is 12.2 Å². The first-order chi connectivity index (χ1) is 8.86. The molecule has 2 unspecified atom stereocenters. The molecular formula is C12H17ClN2O4. The predicted molar refractivity (Wildman–Crippen MR) is 72.1 cm³/mol. The molecule has 0 saturated heterocycles. The Morgan fingerprint density at radius 2 is 2.16 bits per heavy atom. The number of nitrogens with two attached hydrogens (primary N) is 1. The molecule has 0 aliphatic heterocycles. The Morgan fingerprint density at radius 1 is 1.53 bits per heavy atom. The number of hydrogen-bond acceptors (Lipinski definition) is 5. The van der Waals surface area contributed by atoms with Gasteiger partial charge in [-0.05, 0) is 12.1 Å². The maximum atomic E-state index is 10.8. The summed E-state index contributed by atoms with van der Waals surface area (Å²) >= 11 is 5.97. The number of nitrogens with one attached hydrogen (secondary N) is 1. The molecule has 1 aromatic rings. The topological polar surface area (TPSA) is 105 Å². The van der Waals surface area contributed by atoms with Gasteiger partial charge in [0.05, 0.1) is 12.8 Å². The van der Waals surface area contributed by atoms with Crippen molar-refractivity contribution in [2.45, 2.75) is 19.1 Å². The van der Waals surface area contributed by atoms with Gasteiger partial charge in [0.1, 0.15) is 18.0 Å². The number of hydrogen-bond donors (Lipinski definition) is 4. The molecule has 6 nitrogen and oxygen atoms in total. The van der Waals surface area contributed by atoms with Crippen molar-refractivity contribution in [3.63, 3.8) is 0 Å². The highest BCUT2D eigenvalue weighted by molar-refractivity contribution is 6.31. The van der Waals surface area contributed by atoms with Crippen LogP contribution in [0.5, 0.6) is 5.75 Å². The minimum atomic E-state index is -1.26. The lowest BCUT2D eigenvalue weighted by molar-refractivity contribution is -0.119. The number of nitrogen functional groups attached to an aromatic ring is 1. The monoisotopic (exact) mass is 288 g/mol. The molecule has 0 aliphatic carbocycles. The lowest BCUT2D eigenvalue weighted by Gasteiger charge is -2.20. The number of anilines is 1. The molecule has 0 saturated carbocycles. The number of aliphatic hydroxyl groups is 2. The van der Waals surface area contributed by atoms with E-state index in [9.17, 15) is 15.0 Å². The number of rotatable bonds is 5. The highest BCUT2D eigenvalue weighted by Crippen LogP contribution is 2.33. The summed E-state index contributed by atoms with van der Waals surface area (Å²) in [6.07, 6.45) is -2.44. The van der Waals surface area contributed by atoms with Crippen LogP contribution in [0.25, 0.3) is 0 Å². The van der Waals surface area contributed by atoms with Crippen LogP contribution in [0.4, 0.5) is 5.69 Å². The fraction of sp³-hybridized carbons (Fsp3) is 0.417. The van der Waals surface area contributed by atoms with Crippen LogP contribution in [-0.4, -0.2) is 35.9 Å². The average molecular weight is 289 g/mol. The summed E-state index contributed by atoms with van der Waals surface area (Å²) in [4.78, 5) is 10.8. The van der Waals surface area contributed by atoms with E-state index >= 15 is 0 Å². The molecular weight excluding hydrogens is 272 g/mol. The van der Waals surface area contributed by atoms with Gasteiger partial charge in [-0.3, -0.25) is 4.79 Å². The van der Waals surface area contributed by atoms with Crippen LogP contribution >= 0.6 is 11.6 Å². The molecule has 0 heterocycles. The van der Waals surface area contributed by atoms with Crippen LogP contribution in [0.15, 0.2) is 12.1 Å². The summed E-state index contributed by atoms with van der Waals surface area (Å²) in [5.74, 6) is 0.0532. The minimum absolute atomic E-state index is 0.0838. The zero-order chi connectivity index (χ0) is 14.6. The van der Waals surface area contributed by atoms with Crippen LogP contribution in [0.1, 0.15) is 18.6 Å². The molecule has 0 spiro atoms. The van der Waals surface area contributed by atoms with Crippen molar-refractivity contribution in [1.29, 1.82) is 0 Å². The van der Waals surface area contributed by atoms with Crippen molar-refractivity contribution in [3.05, 3.63) is 22.7 Å². The van der Waals surface area contributed by atoms with Gasteiger partial charge in [-0.1, -0.05) is 11.6 Å².